The zero-order valence-electron chi connectivity index (χ0n) is 11.3. The van der Waals surface area contributed by atoms with Gasteiger partial charge in [0.2, 0.25) is 0 Å². The van der Waals surface area contributed by atoms with Gasteiger partial charge in [-0.15, -0.1) is 0 Å². The zero-order chi connectivity index (χ0) is 14.8. The van der Waals surface area contributed by atoms with Crippen LogP contribution in [0.2, 0.25) is 0 Å². The molecule has 0 amide bonds. The molecule has 2 aromatic rings. The van der Waals surface area contributed by atoms with Crippen LogP contribution in [0.25, 0.3) is 0 Å². The molecule has 0 aliphatic rings. The van der Waals surface area contributed by atoms with Gasteiger partial charge in [-0.05, 0) is 25.1 Å². The lowest BCUT2D eigenvalue weighted by Crippen LogP contribution is -2.19. The van der Waals surface area contributed by atoms with E-state index in [4.69, 9.17) is 0 Å². The van der Waals surface area contributed by atoms with E-state index < -0.39 is 11.9 Å². The fourth-order valence-electron chi connectivity index (χ4n) is 2.14. The van der Waals surface area contributed by atoms with Crippen LogP contribution >= 0.6 is 0 Å². The van der Waals surface area contributed by atoms with Gasteiger partial charge in [-0.3, -0.25) is 4.68 Å². The molecule has 0 atom stereocenters. The Hall–Kier alpha value is -1.82. The monoisotopic (exact) mass is 283 g/mol. The molecule has 1 N–H and O–H groups in total. The average Bonchev–Trinajstić information content (AvgIpc) is 2.75. The normalized spacial score (nSPS) is 11.8. The molecule has 6 heteroatoms. The molecule has 0 fully saturated rings. The van der Waals surface area contributed by atoms with E-state index in [9.17, 15) is 13.2 Å². The number of aryl methyl sites for hydroxylation is 1. The standard InChI is InChI=1S/C14H16F3N3/c1-10-5-3-4-6-11(10)9-20-13(14(15,16)17)12(7-18-2)8-19-20/h3-6,8,18H,7,9H2,1-2H3. The van der Waals surface area contributed by atoms with Crippen molar-refractivity contribution in [3.05, 3.63) is 52.8 Å². The van der Waals surface area contributed by atoms with Crippen molar-refractivity contribution in [2.24, 2.45) is 0 Å². The molecule has 1 aromatic heterocycles. The first-order chi connectivity index (χ1) is 9.43. The number of hydrogen-bond donors (Lipinski definition) is 1. The van der Waals surface area contributed by atoms with Crippen LogP contribution in [0, 0.1) is 6.92 Å². The Morgan fingerprint density at radius 1 is 1.20 bits per heavy atom. The Balaban J connectivity index is 2.40. The van der Waals surface area contributed by atoms with Crippen molar-refractivity contribution < 1.29 is 13.2 Å². The van der Waals surface area contributed by atoms with Crippen molar-refractivity contribution in [2.75, 3.05) is 7.05 Å². The first-order valence-corrected chi connectivity index (χ1v) is 6.24. The third-order valence-corrected chi connectivity index (χ3v) is 3.13. The second-order valence-electron chi connectivity index (χ2n) is 4.63. The molecule has 0 unspecified atom stereocenters. The summed E-state index contributed by atoms with van der Waals surface area (Å²) in [4.78, 5) is 0. The van der Waals surface area contributed by atoms with Gasteiger partial charge >= 0.3 is 6.18 Å². The van der Waals surface area contributed by atoms with Gasteiger partial charge in [-0.25, -0.2) is 0 Å². The van der Waals surface area contributed by atoms with E-state index in [1.807, 2.05) is 31.2 Å². The number of alkyl halides is 3. The topological polar surface area (TPSA) is 29.9 Å². The molecule has 2 rings (SSSR count). The van der Waals surface area contributed by atoms with Crippen molar-refractivity contribution in [2.45, 2.75) is 26.2 Å². The number of aromatic nitrogens is 2. The lowest BCUT2D eigenvalue weighted by Gasteiger charge is -2.13. The fourth-order valence-corrected chi connectivity index (χ4v) is 2.14. The molecule has 0 saturated carbocycles. The molecule has 1 aromatic carbocycles. The summed E-state index contributed by atoms with van der Waals surface area (Å²) in [5.74, 6) is 0. The Bertz CT molecular complexity index is 588. The van der Waals surface area contributed by atoms with Crippen LogP contribution in [0.5, 0.6) is 0 Å². The maximum atomic E-state index is 13.2. The molecular formula is C14H16F3N3. The third kappa shape index (κ3) is 3.01. The average molecular weight is 283 g/mol. The van der Waals surface area contributed by atoms with Crippen molar-refractivity contribution in [3.8, 4) is 0 Å². The van der Waals surface area contributed by atoms with Gasteiger partial charge < -0.3 is 5.32 Å². The molecule has 0 aliphatic heterocycles. The summed E-state index contributed by atoms with van der Waals surface area (Å²) in [5.41, 5.74) is 1.26. The highest BCUT2D eigenvalue weighted by molar-refractivity contribution is 5.28. The molecule has 0 bridgehead atoms. The maximum Gasteiger partial charge on any atom is 0.433 e. The molecule has 20 heavy (non-hydrogen) atoms. The summed E-state index contributed by atoms with van der Waals surface area (Å²) in [6, 6.07) is 7.36. The number of rotatable bonds is 4. The summed E-state index contributed by atoms with van der Waals surface area (Å²) in [6.07, 6.45) is -3.14. The predicted molar refractivity (Wildman–Crippen MR) is 70.3 cm³/mol. The smallest absolute Gasteiger partial charge is 0.316 e. The number of halogens is 3. The first kappa shape index (κ1) is 14.6. The Labute approximate surface area is 115 Å². The number of nitrogens with one attached hydrogen (secondary N) is 1. The van der Waals surface area contributed by atoms with Crippen molar-refractivity contribution in [1.82, 2.24) is 15.1 Å². The van der Waals surface area contributed by atoms with Crippen LogP contribution in [0.4, 0.5) is 13.2 Å². The quantitative estimate of drug-likeness (QED) is 0.935. The highest BCUT2D eigenvalue weighted by Crippen LogP contribution is 2.32. The fraction of sp³-hybridized carbons (Fsp3) is 0.357. The first-order valence-electron chi connectivity index (χ1n) is 6.24. The molecule has 0 saturated heterocycles. The second-order valence-corrected chi connectivity index (χ2v) is 4.63. The van der Waals surface area contributed by atoms with E-state index in [1.165, 1.54) is 6.20 Å². The summed E-state index contributed by atoms with van der Waals surface area (Å²) in [7, 11) is 1.61. The van der Waals surface area contributed by atoms with Crippen LogP contribution in [0.1, 0.15) is 22.4 Å². The van der Waals surface area contributed by atoms with Gasteiger partial charge in [-0.2, -0.15) is 18.3 Å². The summed E-state index contributed by atoms with van der Waals surface area (Å²) in [6.45, 7) is 2.13. The van der Waals surface area contributed by atoms with Gasteiger partial charge in [0.1, 0.15) is 5.69 Å². The molecular weight excluding hydrogens is 267 g/mol. The molecule has 108 valence electrons. The van der Waals surface area contributed by atoms with E-state index in [2.05, 4.69) is 10.4 Å². The van der Waals surface area contributed by atoms with Crippen molar-refractivity contribution >= 4 is 0 Å². The number of nitrogens with zero attached hydrogens (tertiary/aromatic N) is 2. The minimum atomic E-state index is -4.41. The second kappa shape index (κ2) is 5.66. The third-order valence-electron chi connectivity index (χ3n) is 3.13. The zero-order valence-corrected chi connectivity index (χ0v) is 11.3. The lowest BCUT2D eigenvalue weighted by molar-refractivity contribution is -0.144. The van der Waals surface area contributed by atoms with E-state index >= 15 is 0 Å². The molecule has 0 spiro atoms. The highest BCUT2D eigenvalue weighted by atomic mass is 19.4. The van der Waals surface area contributed by atoms with Crippen molar-refractivity contribution in [3.63, 3.8) is 0 Å². The molecule has 1 heterocycles. The summed E-state index contributed by atoms with van der Waals surface area (Å²) < 4.78 is 40.6. The van der Waals surface area contributed by atoms with E-state index in [0.717, 1.165) is 15.8 Å². The van der Waals surface area contributed by atoms with E-state index in [-0.39, 0.29) is 18.7 Å². The predicted octanol–water partition coefficient (Wildman–Crippen LogP) is 2.98. The Morgan fingerprint density at radius 3 is 2.50 bits per heavy atom. The maximum absolute atomic E-state index is 13.2. The van der Waals surface area contributed by atoms with Gasteiger partial charge in [0.05, 0.1) is 12.7 Å². The molecule has 3 nitrogen and oxygen atoms in total. The van der Waals surface area contributed by atoms with Crippen LogP contribution in [0.15, 0.2) is 30.5 Å². The van der Waals surface area contributed by atoms with Gasteiger partial charge in [0.15, 0.2) is 0 Å². The largest absolute Gasteiger partial charge is 0.433 e. The van der Waals surface area contributed by atoms with E-state index in [0.29, 0.717) is 0 Å². The SMILES string of the molecule is CNCc1cnn(Cc2ccccc2C)c1C(F)(F)F. The van der Waals surface area contributed by atoms with Crippen LogP contribution in [-0.4, -0.2) is 16.8 Å². The Morgan fingerprint density at radius 2 is 1.90 bits per heavy atom. The molecule has 0 aliphatic carbocycles. The van der Waals surface area contributed by atoms with Crippen molar-refractivity contribution in [1.29, 1.82) is 0 Å². The number of hydrogen-bond acceptors (Lipinski definition) is 2. The van der Waals surface area contributed by atoms with Gasteiger partial charge in [0, 0.05) is 12.1 Å². The van der Waals surface area contributed by atoms with Gasteiger partial charge in [0.25, 0.3) is 0 Å². The minimum absolute atomic E-state index is 0.116. The molecule has 0 radical (unpaired) electrons. The Kier molecular flexibility index (Phi) is 4.13. The summed E-state index contributed by atoms with van der Waals surface area (Å²) in [5, 5.41) is 6.63. The highest BCUT2D eigenvalue weighted by Gasteiger charge is 2.37. The minimum Gasteiger partial charge on any atom is -0.316 e. The van der Waals surface area contributed by atoms with Crippen LogP contribution in [0.3, 0.4) is 0 Å². The van der Waals surface area contributed by atoms with Crippen LogP contribution in [-0.2, 0) is 19.3 Å². The van der Waals surface area contributed by atoms with Gasteiger partial charge in [-0.1, -0.05) is 24.3 Å². The number of benzene rings is 1. The summed E-state index contributed by atoms with van der Waals surface area (Å²) >= 11 is 0. The van der Waals surface area contributed by atoms with Crippen LogP contribution < -0.4 is 5.32 Å². The van der Waals surface area contributed by atoms with E-state index in [1.54, 1.807) is 7.05 Å². The lowest BCUT2D eigenvalue weighted by atomic mass is 10.1.